The first-order valence-electron chi connectivity index (χ1n) is 6.01. The second-order valence-electron chi connectivity index (χ2n) is 4.49. The van der Waals surface area contributed by atoms with Crippen molar-refractivity contribution in [1.29, 1.82) is 0 Å². The summed E-state index contributed by atoms with van der Waals surface area (Å²) in [5.41, 5.74) is 4.92. The summed E-state index contributed by atoms with van der Waals surface area (Å²) in [5, 5.41) is 12.8. The summed E-state index contributed by atoms with van der Waals surface area (Å²) in [6.07, 6.45) is 0. The Kier molecular flexibility index (Phi) is 5.62. The maximum Gasteiger partial charge on any atom is 0.0626 e. The average molecular weight is 237 g/mol. The summed E-state index contributed by atoms with van der Waals surface area (Å²) in [7, 11) is 1.68. The van der Waals surface area contributed by atoms with E-state index in [0.717, 1.165) is 6.54 Å². The van der Waals surface area contributed by atoms with Crippen molar-refractivity contribution >= 4 is 0 Å². The Morgan fingerprint density at radius 1 is 1.24 bits per heavy atom. The average Bonchev–Trinajstić information content (AvgIpc) is 2.25. The van der Waals surface area contributed by atoms with Crippen molar-refractivity contribution < 1.29 is 9.84 Å². The lowest BCUT2D eigenvalue weighted by Crippen LogP contribution is -2.28. The Labute approximate surface area is 104 Å². The summed E-state index contributed by atoms with van der Waals surface area (Å²) in [4.78, 5) is 0. The van der Waals surface area contributed by atoms with Crippen molar-refractivity contribution in [3.63, 3.8) is 0 Å². The summed E-state index contributed by atoms with van der Waals surface area (Å²) >= 11 is 0. The Morgan fingerprint density at radius 3 is 2.29 bits per heavy atom. The van der Waals surface area contributed by atoms with Gasteiger partial charge in [0.05, 0.1) is 19.3 Å². The molecule has 1 rings (SSSR count). The van der Waals surface area contributed by atoms with Gasteiger partial charge in [0, 0.05) is 13.7 Å². The molecule has 0 aliphatic rings. The fourth-order valence-electron chi connectivity index (χ4n) is 2.33. The van der Waals surface area contributed by atoms with Gasteiger partial charge in [0.25, 0.3) is 0 Å². The third-order valence-corrected chi connectivity index (χ3v) is 2.97. The molecule has 17 heavy (non-hydrogen) atoms. The molecule has 1 unspecified atom stereocenters. The summed E-state index contributed by atoms with van der Waals surface area (Å²) in [6, 6.07) is 4.30. The highest BCUT2D eigenvalue weighted by atomic mass is 16.5. The van der Waals surface area contributed by atoms with Crippen molar-refractivity contribution in [2.75, 3.05) is 26.9 Å². The minimum Gasteiger partial charge on any atom is -0.394 e. The first-order valence-corrected chi connectivity index (χ1v) is 6.01. The molecule has 0 saturated carbocycles. The minimum absolute atomic E-state index is 0.00856. The minimum atomic E-state index is -0.00856. The van der Waals surface area contributed by atoms with Crippen LogP contribution in [0.5, 0.6) is 0 Å². The predicted molar refractivity (Wildman–Crippen MR) is 70.4 cm³/mol. The molecule has 1 aromatic rings. The van der Waals surface area contributed by atoms with Crippen molar-refractivity contribution in [3.8, 4) is 0 Å². The molecule has 2 N–H and O–H groups in total. The number of benzene rings is 1. The second-order valence-corrected chi connectivity index (χ2v) is 4.49. The van der Waals surface area contributed by atoms with E-state index < -0.39 is 0 Å². The van der Waals surface area contributed by atoms with Gasteiger partial charge in [-0.1, -0.05) is 17.7 Å². The lowest BCUT2D eigenvalue weighted by Gasteiger charge is -2.21. The zero-order valence-electron chi connectivity index (χ0n) is 11.2. The van der Waals surface area contributed by atoms with Gasteiger partial charge in [-0.15, -0.1) is 0 Å². The Hall–Kier alpha value is -0.900. The molecule has 96 valence electrons. The van der Waals surface area contributed by atoms with Gasteiger partial charge < -0.3 is 15.2 Å². The van der Waals surface area contributed by atoms with Crippen molar-refractivity contribution in [1.82, 2.24) is 5.32 Å². The molecule has 1 atom stereocenters. The topological polar surface area (TPSA) is 41.5 Å². The van der Waals surface area contributed by atoms with Crippen LogP contribution in [0.3, 0.4) is 0 Å². The number of hydrogen-bond acceptors (Lipinski definition) is 3. The standard InChI is InChI=1S/C14H23NO2/c1-10-7-11(2)14(12(3)8-10)13(9-16)15-5-6-17-4/h7-8,13,15-16H,5-6,9H2,1-4H3. The lowest BCUT2D eigenvalue weighted by atomic mass is 9.94. The fourth-order valence-corrected chi connectivity index (χ4v) is 2.33. The van der Waals surface area contributed by atoms with Gasteiger partial charge in [-0.05, 0) is 37.5 Å². The molecular formula is C14H23NO2. The highest BCUT2D eigenvalue weighted by Gasteiger charge is 2.14. The monoisotopic (exact) mass is 237 g/mol. The molecule has 0 aliphatic heterocycles. The van der Waals surface area contributed by atoms with Crippen molar-refractivity contribution in [3.05, 3.63) is 34.4 Å². The van der Waals surface area contributed by atoms with E-state index in [9.17, 15) is 5.11 Å². The van der Waals surface area contributed by atoms with Gasteiger partial charge in [-0.25, -0.2) is 0 Å². The smallest absolute Gasteiger partial charge is 0.0626 e. The van der Waals surface area contributed by atoms with Gasteiger partial charge in [0.15, 0.2) is 0 Å². The van der Waals surface area contributed by atoms with Gasteiger partial charge in [-0.2, -0.15) is 0 Å². The quantitative estimate of drug-likeness (QED) is 0.742. The first kappa shape index (κ1) is 14.2. The van der Waals surface area contributed by atoms with E-state index in [1.807, 2.05) is 0 Å². The number of aliphatic hydroxyl groups is 1. The van der Waals surface area contributed by atoms with Crippen LogP contribution in [0.4, 0.5) is 0 Å². The lowest BCUT2D eigenvalue weighted by molar-refractivity contribution is 0.183. The number of aryl methyl sites for hydroxylation is 3. The molecule has 0 radical (unpaired) electrons. The molecule has 0 aliphatic carbocycles. The third kappa shape index (κ3) is 3.80. The van der Waals surface area contributed by atoms with Gasteiger partial charge in [-0.3, -0.25) is 0 Å². The van der Waals surface area contributed by atoms with Crippen LogP contribution >= 0.6 is 0 Å². The molecule has 3 nitrogen and oxygen atoms in total. The van der Waals surface area contributed by atoms with Gasteiger partial charge in [0.2, 0.25) is 0 Å². The molecule has 0 heterocycles. The van der Waals surface area contributed by atoms with Crippen LogP contribution in [-0.4, -0.2) is 32.0 Å². The Bertz CT molecular complexity index is 340. The number of nitrogens with one attached hydrogen (secondary N) is 1. The number of ether oxygens (including phenoxy) is 1. The summed E-state index contributed by atoms with van der Waals surface area (Å²) in [5.74, 6) is 0. The maximum atomic E-state index is 9.49. The number of rotatable bonds is 6. The molecule has 0 amide bonds. The number of methoxy groups -OCH3 is 1. The van der Waals surface area contributed by atoms with E-state index in [2.05, 4.69) is 38.2 Å². The van der Waals surface area contributed by atoms with E-state index in [0.29, 0.717) is 6.61 Å². The molecule has 3 heteroatoms. The SMILES string of the molecule is COCCNC(CO)c1c(C)cc(C)cc1C. The molecule has 0 saturated heterocycles. The fraction of sp³-hybridized carbons (Fsp3) is 0.571. The zero-order chi connectivity index (χ0) is 12.8. The maximum absolute atomic E-state index is 9.49. The van der Waals surface area contributed by atoms with E-state index >= 15 is 0 Å². The number of aliphatic hydroxyl groups excluding tert-OH is 1. The first-order chi connectivity index (χ1) is 8.10. The summed E-state index contributed by atoms with van der Waals surface area (Å²) < 4.78 is 5.01. The zero-order valence-corrected chi connectivity index (χ0v) is 11.2. The van der Waals surface area contributed by atoms with Crippen LogP contribution in [-0.2, 0) is 4.74 Å². The van der Waals surface area contributed by atoms with Gasteiger partial charge >= 0.3 is 0 Å². The molecule has 0 spiro atoms. The molecule has 0 aromatic heterocycles. The molecule has 1 aromatic carbocycles. The van der Waals surface area contributed by atoms with Crippen LogP contribution < -0.4 is 5.32 Å². The summed E-state index contributed by atoms with van der Waals surface area (Å²) in [6.45, 7) is 7.78. The van der Waals surface area contributed by atoms with E-state index in [4.69, 9.17) is 4.74 Å². The van der Waals surface area contributed by atoms with Crippen LogP contribution in [0.1, 0.15) is 28.3 Å². The highest BCUT2D eigenvalue weighted by Crippen LogP contribution is 2.23. The van der Waals surface area contributed by atoms with E-state index in [1.54, 1.807) is 7.11 Å². The van der Waals surface area contributed by atoms with Crippen LogP contribution in [0, 0.1) is 20.8 Å². The van der Waals surface area contributed by atoms with Crippen LogP contribution in [0.25, 0.3) is 0 Å². The highest BCUT2D eigenvalue weighted by molar-refractivity contribution is 5.39. The molecule has 0 fully saturated rings. The molecule has 0 bridgehead atoms. The van der Waals surface area contributed by atoms with E-state index in [-0.39, 0.29) is 12.6 Å². The van der Waals surface area contributed by atoms with Gasteiger partial charge in [0.1, 0.15) is 0 Å². The van der Waals surface area contributed by atoms with Crippen LogP contribution in [0.2, 0.25) is 0 Å². The molecular weight excluding hydrogens is 214 g/mol. The Morgan fingerprint density at radius 2 is 1.82 bits per heavy atom. The Balaban J connectivity index is 2.87. The van der Waals surface area contributed by atoms with Crippen LogP contribution in [0.15, 0.2) is 12.1 Å². The second kappa shape index (κ2) is 6.74. The van der Waals surface area contributed by atoms with E-state index in [1.165, 1.54) is 22.3 Å². The largest absolute Gasteiger partial charge is 0.394 e. The third-order valence-electron chi connectivity index (χ3n) is 2.97. The normalized spacial score (nSPS) is 12.8. The number of hydrogen-bond donors (Lipinski definition) is 2. The van der Waals surface area contributed by atoms with Crippen molar-refractivity contribution in [2.45, 2.75) is 26.8 Å². The predicted octanol–water partition coefficient (Wildman–Crippen LogP) is 1.88. The van der Waals surface area contributed by atoms with Crippen molar-refractivity contribution in [2.24, 2.45) is 0 Å².